The van der Waals surface area contributed by atoms with Crippen LogP contribution in [0.4, 0.5) is 5.69 Å². The molecule has 0 aliphatic rings. The molecule has 2 rings (SSSR count). The molecule has 112 valence electrons. The van der Waals surface area contributed by atoms with E-state index in [1.807, 2.05) is 12.1 Å². The molecular weight excluding hydrogens is 330 g/mol. The number of anilines is 1. The lowest BCUT2D eigenvalue weighted by atomic mass is 10.1. The third-order valence-corrected chi connectivity index (χ3v) is 3.80. The maximum Gasteiger partial charge on any atom is 0.174 e. The van der Waals surface area contributed by atoms with E-state index >= 15 is 0 Å². The van der Waals surface area contributed by atoms with E-state index in [1.165, 1.54) is 11.1 Å². The number of hydrogen-bond acceptors (Lipinski definition) is 3. The maximum atomic E-state index is 5.37. The van der Waals surface area contributed by atoms with Gasteiger partial charge in [-0.3, -0.25) is 0 Å². The summed E-state index contributed by atoms with van der Waals surface area (Å²) in [5.41, 5.74) is 4.76. The fourth-order valence-electron chi connectivity index (χ4n) is 2.35. The summed E-state index contributed by atoms with van der Waals surface area (Å²) in [6, 6.07) is 10.5. The SMILES string of the molecule is COc1cc(CNc2cc(C)cc(C)c2)cc(Br)c1OC. The minimum absolute atomic E-state index is 0.715. The molecule has 21 heavy (non-hydrogen) atoms. The lowest BCUT2D eigenvalue weighted by Crippen LogP contribution is -2.01. The first-order valence-corrected chi connectivity index (χ1v) is 7.55. The van der Waals surface area contributed by atoms with E-state index in [2.05, 4.69) is 53.3 Å². The van der Waals surface area contributed by atoms with Crippen molar-refractivity contribution >= 4 is 21.6 Å². The Labute approximate surface area is 134 Å². The van der Waals surface area contributed by atoms with Crippen LogP contribution in [-0.4, -0.2) is 14.2 Å². The van der Waals surface area contributed by atoms with Crippen molar-refractivity contribution in [3.63, 3.8) is 0 Å². The quantitative estimate of drug-likeness (QED) is 0.848. The van der Waals surface area contributed by atoms with E-state index in [-0.39, 0.29) is 0 Å². The third kappa shape index (κ3) is 3.91. The van der Waals surface area contributed by atoms with E-state index in [0.717, 1.165) is 28.0 Å². The van der Waals surface area contributed by atoms with Crippen molar-refractivity contribution in [1.82, 2.24) is 0 Å². The first-order chi connectivity index (χ1) is 10.0. The number of nitrogens with one attached hydrogen (secondary N) is 1. The fourth-order valence-corrected chi connectivity index (χ4v) is 3.01. The van der Waals surface area contributed by atoms with Crippen LogP contribution in [0.1, 0.15) is 16.7 Å². The second kappa shape index (κ2) is 6.85. The number of halogens is 1. The Morgan fingerprint density at radius 3 is 2.19 bits per heavy atom. The summed E-state index contributed by atoms with van der Waals surface area (Å²) in [7, 11) is 3.28. The smallest absolute Gasteiger partial charge is 0.174 e. The molecule has 0 heterocycles. The highest BCUT2D eigenvalue weighted by Crippen LogP contribution is 2.36. The summed E-state index contributed by atoms with van der Waals surface area (Å²) in [6.45, 7) is 4.93. The first-order valence-electron chi connectivity index (χ1n) is 6.76. The minimum Gasteiger partial charge on any atom is -0.493 e. The molecule has 0 aliphatic carbocycles. The molecule has 0 radical (unpaired) electrons. The van der Waals surface area contributed by atoms with Gasteiger partial charge in [0, 0.05) is 12.2 Å². The molecule has 0 bridgehead atoms. The Balaban J connectivity index is 2.18. The number of benzene rings is 2. The average Bonchev–Trinajstić information content (AvgIpc) is 2.43. The van der Waals surface area contributed by atoms with Crippen LogP contribution in [0.25, 0.3) is 0 Å². The minimum atomic E-state index is 0.715. The summed E-state index contributed by atoms with van der Waals surface area (Å²) < 4.78 is 11.6. The fraction of sp³-hybridized carbons (Fsp3) is 0.294. The highest BCUT2D eigenvalue weighted by atomic mass is 79.9. The summed E-state index contributed by atoms with van der Waals surface area (Å²) in [6.07, 6.45) is 0. The van der Waals surface area contributed by atoms with Gasteiger partial charge in [-0.15, -0.1) is 0 Å². The van der Waals surface area contributed by atoms with E-state index in [4.69, 9.17) is 9.47 Å². The van der Waals surface area contributed by atoms with E-state index < -0.39 is 0 Å². The van der Waals surface area contributed by atoms with Crippen molar-refractivity contribution in [3.8, 4) is 11.5 Å². The van der Waals surface area contributed by atoms with Crippen molar-refractivity contribution in [3.05, 3.63) is 51.5 Å². The van der Waals surface area contributed by atoms with E-state index in [9.17, 15) is 0 Å². The lowest BCUT2D eigenvalue weighted by molar-refractivity contribution is 0.352. The maximum absolute atomic E-state index is 5.37. The zero-order chi connectivity index (χ0) is 15.4. The van der Waals surface area contributed by atoms with E-state index in [0.29, 0.717) is 5.75 Å². The standard InChI is InChI=1S/C17H20BrNO2/c1-11-5-12(2)7-14(6-11)19-10-13-8-15(18)17(21-4)16(9-13)20-3/h5-9,19H,10H2,1-4H3. The largest absolute Gasteiger partial charge is 0.493 e. The molecule has 0 amide bonds. The Morgan fingerprint density at radius 1 is 0.952 bits per heavy atom. The molecule has 0 atom stereocenters. The van der Waals surface area contributed by atoms with Gasteiger partial charge >= 0.3 is 0 Å². The van der Waals surface area contributed by atoms with Gasteiger partial charge in [-0.1, -0.05) is 6.07 Å². The summed E-state index contributed by atoms with van der Waals surface area (Å²) in [5.74, 6) is 1.44. The van der Waals surface area contributed by atoms with Crippen molar-refractivity contribution < 1.29 is 9.47 Å². The van der Waals surface area contributed by atoms with Crippen LogP contribution in [0.5, 0.6) is 11.5 Å². The Hall–Kier alpha value is -1.68. The summed E-state index contributed by atoms with van der Waals surface area (Å²) >= 11 is 3.52. The molecular formula is C17H20BrNO2. The Morgan fingerprint density at radius 2 is 1.62 bits per heavy atom. The lowest BCUT2D eigenvalue weighted by Gasteiger charge is -2.13. The summed E-state index contributed by atoms with van der Waals surface area (Å²) in [4.78, 5) is 0. The zero-order valence-corrected chi connectivity index (χ0v) is 14.4. The number of hydrogen-bond donors (Lipinski definition) is 1. The monoisotopic (exact) mass is 349 g/mol. The molecule has 0 aromatic heterocycles. The Bertz CT molecular complexity index is 621. The van der Waals surface area contributed by atoms with Gasteiger partial charge in [0.25, 0.3) is 0 Å². The molecule has 2 aromatic carbocycles. The number of aryl methyl sites for hydroxylation is 2. The van der Waals surface area contributed by atoms with Crippen LogP contribution in [0.2, 0.25) is 0 Å². The van der Waals surface area contributed by atoms with Crippen molar-refractivity contribution in [2.45, 2.75) is 20.4 Å². The van der Waals surface area contributed by atoms with Gasteiger partial charge in [0.1, 0.15) is 0 Å². The van der Waals surface area contributed by atoms with Crippen LogP contribution in [0.3, 0.4) is 0 Å². The first kappa shape index (κ1) is 15.7. The van der Waals surface area contributed by atoms with Crippen LogP contribution < -0.4 is 14.8 Å². The number of ether oxygens (including phenoxy) is 2. The molecule has 0 spiro atoms. The topological polar surface area (TPSA) is 30.5 Å². The molecule has 0 unspecified atom stereocenters. The normalized spacial score (nSPS) is 10.3. The second-order valence-electron chi connectivity index (χ2n) is 5.04. The van der Waals surface area contributed by atoms with Crippen molar-refractivity contribution in [2.24, 2.45) is 0 Å². The Kier molecular flexibility index (Phi) is 5.12. The van der Waals surface area contributed by atoms with Gasteiger partial charge < -0.3 is 14.8 Å². The average molecular weight is 350 g/mol. The molecule has 1 N–H and O–H groups in total. The van der Waals surface area contributed by atoms with Crippen LogP contribution >= 0.6 is 15.9 Å². The predicted molar refractivity (Wildman–Crippen MR) is 90.5 cm³/mol. The predicted octanol–water partition coefficient (Wildman–Crippen LogP) is 4.70. The molecule has 2 aromatic rings. The molecule has 3 nitrogen and oxygen atoms in total. The highest BCUT2D eigenvalue weighted by molar-refractivity contribution is 9.10. The van der Waals surface area contributed by atoms with Gasteiger partial charge in [0.05, 0.1) is 18.7 Å². The van der Waals surface area contributed by atoms with Crippen LogP contribution in [0, 0.1) is 13.8 Å². The molecule has 4 heteroatoms. The van der Waals surface area contributed by atoms with Gasteiger partial charge in [0.2, 0.25) is 0 Å². The van der Waals surface area contributed by atoms with Gasteiger partial charge in [-0.25, -0.2) is 0 Å². The van der Waals surface area contributed by atoms with E-state index in [1.54, 1.807) is 14.2 Å². The molecule has 0 saturated heterocycles. The second-order valence-corrected chi connectivity index (χ2v) is 5.90. The third-order valence-electron chi connectivity index (χ3n) is 3.21. The van der Waals surface area contributed by atoms with Crippen LogP contribution in [0.15, 0.2) is 34.8 Å². The number of methoxy groups -OCH3 is 2. The van der Waals surface area contributed by atoms with Crippen LogP contribution in [-0.2, 0) is 6.54 Å². The summed E-state index contributed by atoms with van der Waals surface area (Å²) in [5, 5.41) is 3.44. The highest BCUT2D eigenvalue weighted by Gasteiger charge is 2.10. The van der Waals surface area contributed by atoms with Crippen molar-refractivity contribution in [1.29, 1.82) is 0 Å². The number of rotatable bonds is 5. The van der Waals surface area contributed by atoms with Gasteiger partial charge in [0.15, 0.2) is 11.5 Å². The van der Waals surface area contributed by atoms with Gasteiger partial charge in [-0.05, 0) is 70.7 Å². The molecule has 0 fully saturated rings. The van der Waals surface area contributed by atoms with Crippen molar-refractivity contribution in [2.75, 3.05) is 19.5 Å². The molecule has 0 aliphatic heterocycles. The van der Waals surface area contributed by atoms with Gasteiger partial charge in [-0.2, -0.15) is 0 Å². The molecule has 0 saturated carbocycles. The zero-order valence-electron chi connectivity index (χ0n) is 12.8.